The Kier molecular flexibility index (Phi) is 4.50. The summed E-state index contributed by atoms with van der Waals surface area (Å²) in [6, 6.07) is 8.03. The molecule has 0 radical (unpaired) electrons. The van der Waals surface area contributed by atoms with Crippen LogP contribution in [0, 0.1) is 5.92 Å². The maximum absolute atomic E-state index is 12.0. The van der Waals surface area contributed by atoms with E-state index in [1.54, 1.807) is 0 Å². The molecule has 0 saturated carbocycles. The van der Waals surface area contributed by atoms with Crippen molar-refractivity contribution in [2.75, 3.05) is 19.6 Å². The lowest BCUT2D eigenvalue weighted by atomic mass is 9.99. The second kappa shape index (κ2) is 6.72. The zero-order valence-electron chi connectivity index (χ0n) is 12.2. The van der Waals surface area contributed by atoms with Crippen molar-refractivity contribution in [2.24, 2.45) is 5.92 Å². The number of aromatic nitrogens is 2. The molecule has 1 fully saturated rings. The van der Waals surface area contributed by atoms with Crippen LogP contribution < -0.4 is 10.6 Å². The van der Waals surface area contributed by atoms with Gasteiger partial charge in [0.05, 0.1) is 17.0 Å². The minimum atomic E-state index is 0.143. The van der Waals surface area contributed by atoms with Crippen molar-refractivity contribution >= 4 is 16.9 Å². The zero-order chi connectivity index (χ0) is 14.5. The van der Waals surface area contributed by atoms with Gasteiger partial charge in [-0.15, -0.1) is 0 Å². The van der Waals surface area contributed by atoms with E-state index in [4.69, 9.17) is 0 Å². The number of benzene rings is 1. The molecule has 1 saturated heterocycles. The van der Waals surface area contributed by atoms with Crippen molar-refractivity contribution in [1.82, 2.24) is 20.6 Å². The topological polar surface area (TPSA) is 69.8 Å². The highest BCUT2D eigenvalue weighted by Crippen LogP contribution is 2.12. The monoisotopic (exact) mass is 286 g/mol. The van der Waals surface area contributed by atoms with Crippen LogP contribution in [0.3, 0.4) is 0 Å². The first-order chi connectivity index (χ1) is 10.3. The first kappa shape index (κ1) is 14.1. The molecule has 1 atom stereocenters. The van der Waals surface area contributed by atoms with E-state index in [0.29, 0.717) is 6.54 Å². The fraction of sp³-hybridized carbons (Fsp3) is 0.500. The van der Waals surface area contributed by atoms with Gasteiger partial charge in [-0.3, -0.25) is 4.79 Å². The summed E-state index contributed by atoms with van der Waals surface area (Å²) < 4.78 is 0. The number of piperidine rings is 1. The molecule has 1 aliphatic rings. The van der Waals surface area contributed by atoms with Gasteiger partial charge in [-0.05, 0) is 37.9 Å². The molecule has 2 heterocycles. The van der Waals surface area contributed by atoms with E-state index in [1.165, 1.54) is 0 Å². The normalized spacial score (nSPS) is 18.8. The molecule has 21 heavy (non-hydrogen) atoms. The highest BCUT2D eigenvalue weighted by molar-refractivity contribution is 5.79. The maximum atomic E-state index is 12.0. The Hall–Kier alpha value is -1.88. The highest BCUT2D eigenvalue weighted by atomic mass is 16.1. The molecule has 1 aromatic carbocycles. The first-order valence-electron chi connectivity index (χ1n) is 7.75. The van der Waals surface area contributed by atoms with Crippen LogP contribution in [0.5, 0.6) is 0 Å². The van der Waals surface area contributed by atoms with Gasteiger partial charge in [0, 0.05) is 19.5 Å². The van der Waals surface area contributed by atoms with E-state index in [9.17, 15) is 4.79 Å². The SMILES string of the molecule is O=C(NCCCc1nc2ccccc2[nH]1)C1CCCNC1. The Morgan fingerprint density at radius 3 is 3.10 bits per heavy atom. The van der Waals surface area contributed by atoms with E-state index in [0.717, 1.165) is 55.6 Å². The number of para-hydroxylation sites is 2. The summed E-state index contributed by atoms with van der Waals surface area (Å²) in [4.78, 5) is 19.8. The van der Waals surface area contributed by atoms with Gasteiger partial charge in [0.25, 0.3) is 0 Å². The Labute approximate surface area is 124 Å². The molecule has 1 amide bonds. The standard InChI is InChI=1S/C16H22N4O/c21-16(12-5-3-9-17-11-12)18-10-4-8-15-19-13-6-1-2-7-14(13)20-15/h1-2,6-7,12,17H,3-5,8-11H2,(H,18,21)(H,19,20). The Morgan fingerprint density at radius 1 is 1.38 bits per heavy atom. The smallest absolute Gasteiger partial charge is 0.224 e. The summed E-state index contributed by atoms with van der Waals surface area (Å²) in [6.45, 7) is 2.57. The van der Waals surface area contributed by atoms with Crippen molar-refractivity contribution in [2.45, 2.75) is 25.7 Å². The summed E-state index contributed by atoms with van der Waals surface area (Å²) in [7, 11) is 0. The molecule has 112 valence electrons. The van der Waals surface area contributed by atoms with Gasteiger partial charge in [0.15, 0.2) is 0 Å². The lowest BCUT2D eigenvalue weighted by molar-refractivity contribution is -0.125. The molecule has 3 rings (SSSR count). The third-order valence-electron chi connectivity index (χ3n) is 4.00. The number of nitrogens with zero attached hydrogens (tertiary/aromatic N) is 1. The molecule has 0 bridgehead atoms. The molecular formula is C16H22N4O. The van der Waals surface area contributed by atoms with Crippen LogP contribution in [-0.2, 0) is 11.2 Å². The average Bonchev–Trinajstić information content (AvgIpc) is 2.95. The zero-order valence-corrected chi connectivity index (χ0v) is 12.2. The number of H-pyrrole nitrogens is 1. The van der Waals surface area contributed by atoms with E-state index in [-0.39, 0.29) is 11.8 Å². The van der Waals surface area contributed by atoms with Gasteiger partial charge >= 0.3 is 0 Å². The first-order valence-corrected chi connectivity index (χ1v) is 7.75. The maximum Gasteiger partial charge on any atom is 0.224 e. The number of amides is 1. The van der Waals surface area contributed by atoms with Crippen LogP contribution in [0.15, 0.2) is 24.3 Å². The third kappa shape index (κ3) is 3.61. The number of nitrogens with one attached hydrogen (secondary N) is 3. The van der Waals surface area contributed by atoms with Crippen LogP contribution in [-0.4, -0.2) is 35.5 Å². The number of carbonyl (C=O) groups excluding carboxylic acids is 1. The van der Waals surface area contributed by atoms with Gasteiger partial charge in [-0.2, -0.15) is 0 Å². The number of imidazole rings is 1. The van der Waals surface area contributed by atoms with Crippen LogP contribution in [0.4, 0.5) is 0 Å². The fourth-order valence-corrected chi connectivity index (χ4v) is 2.81. The van der Waals surface area contributed by atoms with E-state index in [2.05, 4.69) is 20.6 Å². The minimum absolute atomic E-state index is 0.143. The van der Waals surface area contributed by atoms with E-state index >= 15 is 0 Å². The Bertz CT molecular complexity index is 568. The molecule has 1 aromatic heterocycles. The lowest BCUT2D eigenvalue weighted by Gasteiger charge is -2.21. The van der Waals surface area contributed by atoms with Crippen molar-refractivity contribution in [3.63, 3.8) is 0 Å². The second-order valence-electron chi connectivity index (χ2n) is 5.64. The van der Waals surface area contributed by atoms with Gasteiger partial charge in [0.2, 0.25) is 5.91 Å². The highest BCUT2D eigenvalue weighted by Gasteiger charge is 2.20. The van der Waals surface area contributed by atoms with E-state index in [1.807, 2.05) is 24.3 Å². The largest absolute Gasteiger partial charge is 0.356 e. The number of fused-ring (bicyclic) bond motifs is 1. The van der Waals surface area contributed by atoms with E-state index < -0.39 is 0 Å². The number of aryl methyl sites for hydroxylation is 1. The molecule has 1 aliphatic heterocycles. The molecule has 5 heteroatoms. The van der Waals surface area contributed by atoms with Crippen LogP contribution >= 0.6 is 0 Å². The number of rotatable bonds is 5. The molecule has 0 aliphatic carbocycles. The number of aromatic amines is 1. The summed E-state index contributed by atoms with van der Waals surface area (Å²) in [5, 5.41) is 6.31. The molecule has 3 N–H and O–H groups in total. The minimum Gasteiger partial charge on any atom is -0.356 e. The number of hydrogen-bond acceptors (Lipinski definition) is 3. The van der Waals surface area contributed by atoms with Crippen LogP contribution in [0.2, 0.25) is 0 Å². The quantitative estimate of drug-likeness (QED) is 0.731. The molecule has 0 spiro atoms. The van der Waals surface area contributed by atoms with Crippen molar-refractivity contribution < 1.29 is 4.79 Å². The van der Waals surface area contributed by atoms with Gasteiger partial charge < -0.3 is 15.6 Å². The molecule has 1 unspecified atom stereocenters. The fourth-order valence-electron chi connectivity index (χ4n) is 2.81. The van der Waals surface area contributed by atoms with Gasteiger partial charge in [0.1, 0.15) is 5.82 Å². The second-order valence-corrected chi connectivity index (χ2v) is 5.64. The number of hydrogen-bond donors (Lipinski definition) is 3. The van der Waals surface area contributed by atoms with Crippen molar-refractivity contribution in [3.8, 4) is 0 Å². The summed E-state index contributed by atoms with van der Waals surface area (Å²) in [5.74, 6) is 1.32. The predicted octanol–water partition coefficient (Wildman–Crippen LogP) is 1.61. The molecular weight excluding hydrogens is 264 g/mol. The van der Waals surface area contributed by atoms with Crippen molar-refractivity contribution in [1.29, 1.82) is 0 Å². The number of carbonyl (C=O) groups is 1. The summed E-state index contributed by atoms with van der Waals surface area (Å²) >= 11 is 0. The van der Waals surface area contributed by atoms with Gasteiger partial charge in [-0.25, -0.2) is 4.98 Å². The predicted molar refractivity (Wildman–Crippen MR) is 83.0 cm³/mol. The average molecular weight is 286 g/mol. The third-order valence-corrected chi connectivity index (χ3v) is 4.00. The molecule has 2 aromatic rings. The Morgan fingerprint density at radius 2 is 2.29 bits per heavy atom. The molecule has 5 nitrogen and oxygen atoms in total. The van der Waals surface area contributed by atoms with Gasteiger partial charge in [-0.1, -0.05) is 12.1 Å². The van der Waals surface area contributed by atoms with Crippen molar-refractivity contribution in [3.05, 3.63) is 30.1 Å². The van der Waals surface area contributed by atoms with Crippen LogP contribution in [0.25, 0.3) is 11.0 Å². The van der Waals surface area contributed by atoms with Crippen LogP contribution in [0.1, 0.15) is 25.1 Å². The summed E-state index contributed by atoms with van der Waals surface area (Å²) in [6.07, 6.45) is 3.86. The Balaban J connectivity index is 1.42. The summed E-state index contributed by atoms with van der Waals surface area (Å²) in [5.41, 5.74) is 2.08. The lowest BCUT2D eigenvalue weighted by Crippen LogP contribution is -2.40.